The Kier molecular flexibility index (Phi) is 6.04. The molecule has 3 N–H and O–H groups in total. The van der Waals surface area contributed by atoms with Crippen molar-refractivity contribution in [3.63, 3.8) is 0 Å². The average Bonchev–Trinajstić information content (AvgIpc) is 3.14. The van der Waals surface area contributed by atoms with E-state index < -0.39 is 6.23 Å². The third kappa shape index (κ3) is 4.06. The van der Waals surface area contributed by atoms with Crippen LogP contribution in [-0.4, -0.2) is 57.4 Å². The molecule has 2 aliphatic rings. The number of nitrogens with one attached hydrogen (secondary N) is 1. The number of halogens is 2. The van der Waals surface area contributed by atoms with Crippen LogP contribution in [0.2, 0.25) is 5.02 Å². The summed E-state index contributed by atoms with van der Waals surface area (Å²) in [6, 6.07) is 13.2. The van der Waals surface area contributed by atoms with Gasteiger partial charge >= 0.3 is 6.03 Å². The lowest BCUT2D eigenvalue weighted by molar-refractivity contribution is 0.0128. The molecule has 0 aromatic heterocycles. The van der Waals surface area contributed by atoms with Gasteiger partial charge in [0.2, 0.25) is 0 Å². The van der Waals surface area contributed by atoms with E-state index >= 15 is 0 Å². The van der Waals surface area contributed by atoms with Crippen molar-refractivity contribution in [3.8, 4) is 0 Å². The van der Waals surface area contributed by atoms with Crippen LogP contribution in [0.1, 0.15) is 23.7 Å². The lowest BCUT2D eigenvalue weighted by atomic mass is 10.1. The maximum atomic E-state index is 13.4. The molecular formula is C22H24ClFN4O3. The summed E-state index contributed by atoms with van der Waals surface area (Å²) in [5.74, 6) is 0.190. The average molecular weight is 447 g/mol. The molecule has 4 rings (SSSR count). The molecule has 2 atom stereocenters. The number of hydrogen-bond acceptors (Lipinski definition) is 5. The van der Waals surface area contributed by atoms with Gasteiger partial charge < -0.3 is 20.4 Å². The second-order valence-electron chi connectivity index (χ2n) is 7.57. The molecule has 0 aliphatic carbocycles. The topological polar surface area (TPSA) is 79.3 Å². The zero-order valence-electron chi connectivity index (χ0n) is 17.0. The van der Waals surface area contributed by atoms with Gasteiger partial charge in [-0.25, -0.2) is 9.18 Å². The van der Waals surface area contributed by atoms with Crippen LogP contribution in [0.25, 0.3) is 0 Å². The number of amides is 2. The third-order valence-corrected chi connectivity index (χ3v) is 5.81. The first-order chi connectivity index (χ1) is 14.9. The van der Waals surface area contributed by atoms with Gasteiger partial charge in [0.1, 0.15) is 23.5 Å². The highest BCUT2D eigenvalue weighted by molar-refractivity contribution is 6.30. The summed E-state index contributed by atoms with van der Waals surface area (Å²) in [7, 11) is 1.64. The molecule has 2 aromatic rings. The Morgan fingerprint density at radius 3 is 2.42 bits per heavy atom. The van der Waals surface area contributed by atoms with Crippen molar-refractivity contribution in [2.75, 3.05) is 20.2 Å². The molecule has 0 radical (unpaired) electrons. The first kappa shape index (κ1) is 21.4. The molecule has 2 aromatic carbocycles. The molecule has 9 heteroatoms. The highest BCUT2D eigenvalue weighted by atomic mass is 35.5. The standard InChI is InChI=1S/C22H24ClFN4O3/c1-26-20-18(21(30)27(22(26)31)11-2-12-29)28(13-14-3-9-17(24)10-4-14)19(25-20)15-5-7-16(23)8-6-15/h3-10,19,21,25,29-30H,2,11-13H2,1H3. The quantitative estimate of drug-likeness (QED) is 0.636. The smallest absolute Gasteiger partial charge is 0.327 e. The molecular weight excluding hydrogens is 423 g/mol. The maximum absolute atomic E-state index is 13.4. The molecule has 0 fully saturated rings. The Hall–Kier alpha value is -2.81. The second kappa shape index (κ2) is 8.74. The Balaban J connectivity index is 1.73. The molecule has 2 unspecified atom stereocenters. The summed E-state index contributed by atoms with van der Waals surface area (Å²) in [5, 5.41) is 24.3. The van der Waals surface area contributed by atoms with Gasteiger partial charge in [0.05, 0.1) is 0 Å². The van der Waals surface area contributed by atoms with Crippen molar-refractivity contribution in [1.82, 2.24) is 20.0 Å². The minimum absolute atomic E-state index is 0.0862. The summed E-state index contributed by atoms with van der Waals surface area (Å²) in [4.78, 5) is 17.6. The van der Waals surface area contributed by atoms with E-state index in [0.717, 1.165) is 11.1 Å². The van der Waals surface area contributed by atoms with Crippen LogP contribution in [0.5, 0.6) is 0 Å². The van der Waals surface area contributed by atoms with Gasteiger partial charge in [-0.1, -0.05) is 35.9 Å². The molecule has 0 spiro atoms. The van der Waals surface area contributed by atoms with E-state index in [4.69, 9.17) is 11.6 Å². The molecule has 31 heavy (non-hydrogen) atoms. The van der Waals surface area contributed by atoms with E-state index in [9.17, 15) is 19.4 Å². The highest BCUT2D eigenvalue weighted by Gasteiger charge is 2.46. The molecule has 0 saturated carbocycles. The molecule has 7 nitrogen and oxygen atoms in total. The molecule has 164 valence electrons. The number of nitrogens with zero attached hydrogens (tertiary/aromatic N) is 3. The highest BCUT2D eigenvalue weighted by Crippen LogP contribution is 2.39. The lowest BCUT2D eigenvalue weighted by Gasteiger charge is -2.39. The third-order valence-electron chi connectivity index (χ3n) is 5.55. The van der Waals surface area contributed by atoms with Crippen molar-refractivity contribution in [1.29, 1.82) is 0 Å². The zero-order chi connectivity index (χ0) is 22.1. The van der Waals surface area contributed by atoms with Crippen LogP contribution < -0.4 is 5.32 Å². The van der Waals surface area contributed by atoms with Gasteiger partial charge in [-0.3, -0.25) is 9.80 Å². The Bertz CT molecular complexity index is 983. The summed E-state index contributed by atoms with van der Waals surface area (Å²) in [6.45, 7) is 0.511. The number of carbonyl (C=O) groups is 1. The second-order valence-corrected chi connectivity index (χ2v) is 8.01. The number of benzene rings is 2. The fraction of sp³-hybridized carbons (Fsp3) is 0.318. The van der Waals surface area contributed by atoms with Crippen molar-refractivity contribution in [2.24, 2.45) is 0 Å². The van der Waals surface area contributed by atoms with Gasteiger partial charge in [0, 0.05) is 31.8 Å². The van der Waals surface area contributed by atoms with E-state index in [1.54, 1.807) is 31.3 Å². The van der Waals surface area contributed by atoms with Crippen molar-refractivity contribution < 1.29 is 19.4 Å². The van der Waals surface area contributed by atoms with Crippen LogP contribution in [0.15, 0.2) is 60.0 Å². The monoisotopic (exact) mass is 446 g/mol. The van der Waals surface area contributed by atoms with Gasteiger partial charge in [0.15, 0.2) is 6.23 Å². The summed E-state index contributed by atoms with van der Waals surface area (Å²) in [6.07, 6.45) is -1.20. The maximum Gasteiger partial charge on any atom is 0.327 e. The number of hydrogen-bond donors (Lipinski definition) is 3. The Labute approximate surface area is 184 Å². The molecule has 0 saturated heterocycles. The minimum Gasteiger partial charge on any atom is -0.396 e. The van der Waals surface area contributed by atoms with E-state index in [1.807, 2.05) is 17.0 Å². The van der Waals surface area contributed by atoms with Crippen LogP contribution >= 0.6 is 11.6 Å². The SMILES string of the molecule is CN1C(=O)N(CCCO)C(O)C2=C1NC(c1ccc(Cl)cc1)N2Cc1ccc(F)cc1. The van der Waals surface area contributed by atoms with E-state index in [2.05, 4.69) is 5.32 Å². The molecule has 0 bridgehead atoms. The van der Waals surface area contributed by atoms with Gasteiger partial charge in [-0.2, -0.15) is 0 Å². The van der Waals surface area contributed by atoms with Crippen molar-refractivity contribution >= 4 is 17.6 Å². The number of carbonyl (C=O) groups excluding carboxylic acids is 1. The first-order valence-electron chi connectivity index (χ1n) is 10.0. The minimum atomic E-state index is -1.18. The lowest BCUT2D eigenvalue weighted by Crippen LogP contribution is -2.54. The van der Waals surface area contributed by atoms with Gasteiger partial charge in [0.25, 0.3) is 0 Å². The summed E-state index contributed by atoms with van der Waals surface area (Å²) in [5.41, 5.74) is 2.30. The first-order valence-corrected chi connectivity index (χ1v) is 10.4. The van der Waals surface area contributed by atoms with E-state index in [0.29, 0.717) is 29.5 Å². The van der Waals surface area contributed by atoms with E-state index in [-0.39, 0.29) is 31.2 Å². The number of aliphatic hydroxyl groups is 2. The Morgan fingerprint density at radius 2 is 1.77 bits per heavy atom. The van der Waals surface area contributed by atoms with Crippen molar-refractivity contribution in [3.05, 3.63) is 82.0 Å². The fourth-order valence-electron chi connectivity index (χ4n) is 3.97. The van der Waals surface area contributed by atoms with Crippen LogP contribution in [0.3, 0.4) is 0 Å². The predicted octanol–water partition coefficient (Wildman–Crippen LogP) is 2.82. The summed E-state index contributed by atoms with van der Waals surface area (Å²) < 4.78 is 13.4. The van der Waals surface area contributed by atoms with Crippen LogP contribution in [-0.2, 0) is 6.54 Å². The molecule has 2 aliphatic heterocycles. The number of aliphatic hydroxyl groups excluding tert-OH is 2. The normalized spacial score (nSPS) is 20.9. The largest absolute Gasteiger partial charge is 0.396 e. The molecule has 2 amide bonds. The predicted molar refractivity (Wildman–Crippen MR) is 114 cm³/mol. The van der Waals surface area contributed by atoms with Gasteiger partial charge in [-0.05, 0) is 41.8 Å². The van der Waals surface area contributed by atoms with E-state index in [1.165, 1.54) is 21.9 Å². The zero-order valence-corrected chi connectivity index (χ0v) is 17.8. The van der Waals surface area contributed by atoms with Crippen LogP contribution in [0.4, 0.5) is 9.18 Å². The Morgan fingerprint density at radius 1 is 1.10 bits per heavy atom. The fourth-order valence-corrected chi connectivity index (χ4v) is 4.09. The van der Waals surface area contributed by atoms with Crippen molar-refractivity contribution in [2.45, 2.75) is 25.4 Å². The summed E-state index contributed by atoms with van der Waals surface area (Å²) >= 11 is 6.05. The number of urea groups is 1. The molecule has 2 heterocycles. The van der Waals surface area contributed by atoms with Crippen LogP contribution in [0, 0.1) is 5.82 Å². The number of rotatable bonds is 6. The van der Waals surface area contributed by atoms with Gasteiger partial charge in [-0.15, -0.1) is 0 Å².